The molecule has 0 radical (unpaired) electrons. The zero-order valence-corrected chi connectivity index (χ0v) is 9.18. The number of rotatable bonds is 3. The normalized spacial score (nSPS) is 10.0. The molecule has 1 heterocycles. The van der Waals surface area contributed by atoms with E-state index in [4.69, 9.17) is 4.74 Å². The van der Waals surface area contributed by atoms with Crippen LogP contribution in [0.2, 0.25) is 0 Å². The van der Waals surface area contributed by atoms with Gasteiger partial charge in [0.05, 0.1) is 7.11 Å². The molecule has 1 aromatic carbocycles. The van der Waals surface area contributed by atoms with Crippen molar-refractivity contribution in [3.05, 3.63) is 48.0 Å². The number of ether oxygens (including phenoxy) is 1. The molecule has 0 aliphatic heterocycles. The third-order valence-corrected chi connectivity index (χ3v) is 2.36. The molecule has 86 valence electrons. The number of methoxy groups -OCH3 is 1. The molecule has 0 N–H and O–H groups in total. The fourth-order valence-electron chi connectivity index (χ4n) is 1.52. The summed E-state index contributed by atoms with van der Waals surface area (Å²) in [7, 11) is 1.52. The molecule has 1 aromatic heterocycles. The lowest BCUT2D eigenvalue weighted by molar-refractivity contribution is 0.112. The van der Waals surface area contributed by atoms with Gasteiger partial charge in [-0.05, 0) is 35.9 Å². The Morgan fingerprint density at radius 1 is 1.24 bits per heavy atom. The number of hydrogen-bond donors (Lipinski definition) is 0. The molecule has 0 amide bonds. The summed E-state index contributed by atoms with van der Waals surface area (Å²) in [5.41, 5.74) is 2.00. The Kier molecular flexibility index (Phi) is 3.14. The van der Waals surface area contributed by atoms with Crippen molar-refractivity contribution in [2.45, 2.75) is 0 Å². The van der Waals surface area contributed by atoms with Crippen molar-refractivity contribution in [1.82, 2.24) is 4.98 Å². The summed E-state index contributed by atoms with van der Waals surface area (Å²) in [6.45, 7) is 0. The monoisotopic (exact) mass is 231 g/mol. The Morgan fingerprint density at radius 2 is 2.06 bits per heavy atom. The number of halogens is 1. The molecular weight excluding hydrogens is 221 g/mol. The number of benzene rings is 1. The first kappa shape index (κ1) is 11.3. The van der Waals surface area contributed by atoms with Crippen molar-refractivity contribution in [3.63, 3.8) is 0 Å². The van der Waals surface area contributed by atoms with Crippen LogP contribution in [0, 0.1) is 5.95 Å². The molecule has 0 saturated carbocycles. The molecule has 0 fully saturated rings. The lowest BCUT2D eigenvalue weighted by atomic mass is 10.0. The summed E-state index contributed by atoms with van der Waals surface area (Å²) in [5.74, 6) is 0.0428. The van der Waals surface area contributed by atoms with Crippen LogP contribution in [-0.4, -0.2) is 18.4 Å². The predicted molar refractivity (Wildman–Crippen MR) is 61.6 cm³/mol. The standard InChI is InChI=1S/C13H10FNO2/c1-17-12-5-9(8-16)4-11(6-12)10-2-3-13(14)15-7-10/h2-8H,1H3. The molecule has 0 aliphatic rings. The van der Waals surface area contributed by atoms with E-state index in [9.17, 15) is 9.18 Å². The van der Waals surface area contributed by atoms with Crippen LogP contribution in [-0.2, 0) is 0 Å². The summed E-state index contributed by atoms with van der Waals surface area (Å²) in [6, 6.07) is 7.97. The van der Waals surface area contributed by atoms with Gasteiger partial charge >= 0.3 is 0 Å². The highest BCUT2D eigenvalue weighted by Crippen LogP contribution is 2.25. The average Bonchev–Trinajstić information content (AvgIpc) is 2.39. The number of hydrogen-bond acceptors (Lipinski definition) is 3. The topological polar surface area (TPSA) is 39.2 Å². The highest BCUT2D eigenvalue weighted by atomic mass is 19.1. The minimum Gasteiger partial charge on any atom is -0.497 e. The van der Waals surface area contributed by atoms with Crippen LogP contribution in [0.3, 0.4) is 0 Å². The number of pyridine rings is 1. The van der Waals surface area contributed by atoms with E-state index in [2.05, 4.69) is 4.98 Å². The second kappa shape index (κ2) is 4.74. The van der Waals surface area contributed by atoms with Crippen LogP contribution in [0.15, 0.2) is 36.5 Å². The fraction of sp³-hybridized carbons (Fsp3) is 0.0769. The van der Waals surface area contributed by atoms with Crippen LogP contribution in [0.5, 0.6) is 5.75 Å². The van der Waals surface area contributed by atoms with Gasteiger partial charge < -0.3 is 4.74 Å². The van der Waals surface area contributed by atoms with Gasteiger partial charge in [-0.15, -0.1) is 0 Å². The summed E-state index contributed by atoms with van der Waals surface area (Å²) in [4.78, 5) is 14.4. The van der Waals surface area contributed by atoms with E-state index in [1.54, 1.807) is 24.3 Å². The van der Waals surface area contributed by atoms with Gasteiger partial charge in [0.15, 0.2) is 0 Å². The van der Waals surface area contributed by atoms with Crippen molar-refractivity contribution in [2.75, 3.05) is 7.11 Å². The maximum atomic E-state index is 12.7. The first-order valence-electron chi connectivity index (χ1n) is 4.99. The summed E-state index contributed by atoms with van der Waals surface area (Å²) in [5, 5.41) is 0. The highest BCUT2D eigenvalue weighted by molar-refractivity contribution is 5.80. The molecule has 2 rings (SSSR count). The van der Waals surface area contributed by atoms with Crippen molar-refractivity contribution in [3.8, 4) is 16.9 Å². The lowest BCUT2D eigenvalue weighted by Gasteiger charge is -2.06. The first-order valence-corrected chi connectivity index (χ1v) is 4.99. The molecular formula is C13H10FNO2. The largest absolute Gasteiger partial charge is 0.497 e. The molecule has 17 heavy (non-hydrogen) atoms. The third-order valence-electron chi connectivity index (χ3n) is 2.36. The van der Waals surface area contributed by atoms with E-state index in [0.717, 1.165) is 17.4 Å². The van der Waals surface area contributed by atoms with Crippen molar-refractivity contribution < 1.29 is 13.9 Å². The smallest absolute Gasteiger partial charge is 0.212 e. The van der Waals surface area contributed by atoms with E-state index < -0.39 is 5.95 Å². The SMILES string of the molecule is COc1cc(C=O)cc(-c2ccc(F)nc2)c1. The number of carbonyl (C=O) groups excluding carboxylic acids is 1. The van der Waals surface area contributed by atoms with Gasteiger partial charge in [0.2, 0.25) is 5.95 Å². The molecule has 0 spiro atoms. The predicted octanol–water partition coefficient (Wildman–Crippen LogP) is 2.71. The van der Waals surface area contributed by atoms with Crippen LogP contribution in [0.25, 0.3) is 11.1 Å². The van der Waals surface area contributed by atoms with Gasteiger partial charge in [0.1, 0.15) is 12.0 Å². The molecule has 3 nitrogen and oxygen atoms in total. The fourth-order valence-corrected chi connectivity index (χ4v) is 1.52. The molecule has 0 bridgehead atoms. The quantitative estimate of drug-likeness (QED) is 0.602. The van der Waals surface area contributed by atoms with E-state index in [1.165, 1.54) is 19.4 Å². The van der Waals surface area contributed by atoms with Crippen LogP contribution in [0.4, 0.5) is 4.39 Å². The Morgan fingerprint density at radius 3 is 2.65 bits per heavy atom. The second-order valence-corrected chi connectivity index (χ2v) is 3.48. The van der Waals surface area contributed by atoms with Crippen molar-refractivity contribution in [1.29, 1.82) is 0 Å². The van der Waals surface area contributed by atoms with Gasteiger partial charge in [-0.3, -0.25) is 4.79 Å². The Bertz CT molecular complexity index is 538. The maximum Gasteiger partial charge on any atom is 0.212 e. The van der Waals surface area contributed by atoms with Gasteiger partial charge in [0.25, 0.3) is 0 Å². The number of aromatic nitrogens is 1. The number of nitrogens with zero attached hydrogens (tertiary/aromatic N) is 1. The molecule has 2 aromatic rings. The first-order chi connectivity index (χ1) is 8.22. The molecule has 0 saturated heterocycles. The van der Waals surface area contributed by atoms with Gasteiger partial charge in [-0.2, -0.15) is 4.39 Å². The number of carbonyl (C=O) groups is 1. The second-order valence-electron chi connectivity index (χ2n) is 3.48. The van der Waals surface area contributed by atoms with Crippen molar-refractivity contribution >= 4 is 6.29 Å². The Balaban J connectivity index is 2.50. The summed E-state index contributed by atoms with van der Waals surface area (Å²) >= 11 is 0. The van der Waals surface area contributed by atoms with Gasteiger partial charge in [0, 0.05) is 17.3 Å². The van der Waals surface area contributed by atoms with Gasteiger partial charge in [-0.1, -0.05) is 0 Å². The summed E-state index contributed by atoms with van der Waals surface area (Å²) in [6.07, 6.45) is 2.15. The van der Waals surface area contributed by atoms with Crippen LogP contribution in [0.1, 0.15) is 10.4 Å². The number of aldehydes is 1. The molecule has 0 atom stereocenters. The van der Waals surface area contributed by atoms with Gasteiger partial charge in [-0.25, -0.2) is 4.98 Å². The van der Waals surface area contributed by atoms with E-state index >= 15 is 0 Å². The maximum absolute atomic E-state index is 12.7. The third kappa shape index (κ3) is 2.47. The highest BCUT2D eigenvalue weighted by Gasteiger charge is 2.04. The zero-order chi connectivity index (χ0) is 12.3. The van der Waals surface area contributed by atoms with Crippen LogP contribution >= 0.6 is 0 Å². The molecule has 0 unspecified atom stereocenters. The minimum atomic E-state index is -0.535. The summed E-state index contributed by atoms with van der Waals surface area (Å²) < 4.78 is 17.8. The van der Waals surface area contributed by atoms with Crippen molar-refractivity contribution in [2.24, 2.45) is 0 Å². The van der Waals surface area contributed by atoms with Crippen LogP contribution < -0.4 is 4.74 Å². The molecule has 4 heteroatoms. The average molecular weight is 231 g/mol. The Hall–Kier alpha value is -2.23. The van der Waals surface area contributed by atoms with E-state index in [-0.39, 0.29) is 0 Å². The molecule has 0 aliphatic carbocycles. The van der Waals surface area contributed by atoms with E-state index in [1.807, 2.05) is 0 Å². The Labute approximate surface area is 97.9 Å². The lowest BCUT2D eigenvalue weighted by Crippen LogP contribution is -1.89. The zero-order valence-electron chi connectivity index (χ0n) is 9.18. The van der Waals surface area contributed by atoms with E-state index in [0.29, 0.717) is 11.3 Å². The minimum absolute atomic E-state index is 0.503.